The van der Waals surface area contributed by atoms with Crippen molar-refractivity contribution in [3.05, 3.63) is 65.7 Å². The van der Waals surface area contributed by atoms with Gasteiger partial charge in [0.15, 0.2) is 0 Å². The number of ether oxygens (including phenoxy) is 1. The first-order valence-electron chi connectivity index (χ1n) is 8.88. The molecule has 1 aliphatic rings. The van der Waals surface area contributed by atoms with Crippen molar-refractivity contribution in [3.8, 4) is 5.75 Å². The van der Waals surface area contributed by atoms with Gasteiger partial charge in [0.05, 0.1) is 6.61 Å². The van der Waals surface area contributed by atoms with Crippen LogP contribution >= 0.6 is 0 Å². The highest BCUT2D eigenvalue weighted by Gasteiger charge is 2.10. The van der Waals surface area contributed by atoms with E-state index in [4.69, 9.17) is 4.74 Å². The van der Waals surface area contributed by atoms with Gasteiger partial charge in [-0.05, 0) is 62.0 Å². The molecule has 1 fully saturated rings. The van der Waals surface area contributed by atoms with Gasteiger partial charge in [0, 0.05) is 6.54 Å². The van der Waals surface area contributed by atoms with Crippen LogP contribution in [-0.2, 0) is 13.0 Å². The molecule has 0 bridgehead atoms. The highest BCUT2D eigenvalue weighted by atomic mass is 16.5. The molecule has 0 amide bonds. The van der Waals surface area contributed by atoms with Crippen LogP contribution in [0.2, 0.25) is 0 Å². The number of benzene rings is 2. The van der Waals surface area contributed by atoms with Crippen molar-refractivity contribution in [2.45, 2.75) is 38.6 Å². The summed E-state index contributed by atoms with van der Waals surface area (Å²) < 4.78 is 5.86. The lowest BCUT2D eigenvalue weighted by molar-refractivity contribution is 0.221. The summed E-state index contributed by atoms with van der Waals surface area (Å²) in [6.45, 7) is 4.35. The third-order valence-electron chi connectivity index (χ3n) is 4.50. The number of nitrogens with zero attached hydrogens (tertiary/aromatic N) is 1. The summed E-state index contributed by atoms with van der Waals surface area (Å²) in [6, 6.07) is 19.2. The summed E-state index contributed by atoms with van der Waals surface area (Å²) in [5.74, 6) is 0.987. The maximum absolute atomic E-state index is 5.86. The molecule has 0 atom stereocenters. The zero-order valence-corrected chi connectivity index (χ0v) is 13.9. The van der Waals surface area contributed by atoms with Crippen molar-refractivity contribution < 1.29 is 4.74 Å². The highest BCUT2D eigenvalue weighted by Crippen LogP contribution is 2.17. The average Bonchev–Trinajstić information content (AvgIpc) is 2.62. The molecule has 2 aromatic carbocycles. The lowest BCUT2D eigenvalue weighted by Gasteiger charge is -2.26. The normalized spacial score (nSPS) is 15.5. The third-order valence-corrected chi connectivity index (χ3v) is 4.50. The minimum atomic E-state index is 0.778. The van der Waals surface area contributed by atoms with E-state index in [2.05, 4.69) is 59.5 Å². The van der Waals surface area contributed by atoms with Gasteiger partial charge >= 0.3 is 0 Å². The lowest BCUT2D eigenvalue weighted by atomic mass is 10.1. The molecular formula is C21H27NO. The Morgan fingerprint density at radius 2 is 1.52 bits per heavy atom. The van der Waals surface area contributed by atoms with Crippen LogP contribution < -0.4 is 4.74 Å². The molecule has 2 heteroatoms. The Morgan fingerprint density at radius 3 is 2.26 bits per heavy atom. The van der Waals surface area contributed by atoms with E-state index < -0.39 is 0 Å². The molecule has 1 saturated heterocycles. The molecule has 2 nitrogen and oxygen atoms in total. The van der Waals surface area contributed by atoms with Crippen molar-refractivity contribution in [3.63, 3.8) is 0 Å². The molecular weight excluding hydrogens is 282 g/mol. The van der Waals surface area contributed by atoms with Crippen LogP contribution in [0.3, 0.4) is 0 Å². The van der Waals surface area contributed by atoms with Gasteiger partial charge in [0.2, 0.25) is 0 Å². The Kier molecular flexibility index (Phi) is 6.10. The smallest absolute Gasteiger partial charge is 0.119 e. The minimum absolute atomic E-state index is 0.778. The van der Waals surface area contributed by atoms with Crippen molar-refractivity contribution in [2.75, 3.05) is 19.7 Å². The van der Waals surface area contributed by atoms with Gasteiger partial charge in [0.1, 0.15) is 5.75 Å². The molecule has 0 aromatic heterocycles. The molecule has 1 heterocycles. The van der Waals surface area contributed by atoms with Gasteiger partial charge < -0.3 is 4.74 Å². The summed E-state index contributed by atoms with van der Waals surface area (Å²) >= 11 is 0. The molecule has 0 unspecified atom stereocenters. The van der Waals surface area contributed by atoms with E-state index >= 15 is 0 Å². The number of aryl methyl sites for hydroxylation is 1. The molecule has 0 spiro atoms. The van der Waals surface area contributed by atoms with Crippen molar-refractivity contribution in [2.24, 2.45) is 0 Å². The van der Waals surface area contributed by atoms with Gasteiger partial charge in [-0.15, -0.1) is 0 Å². The van der Waals surface area contributed by atoms with Crippen LogP contribution in [0, 0.1) is 0 Å². The molecule has 23 heavy (non-hydrogen) atoms. The second-order valence-corrected chi connectivity index (χ2v) is 6.42. The fraction of sp³-hybridized carbons (Fsp3) is 0.429. The summed E-state index contributed by atoms with van der Waals surface area (Å²) in [6.07, 6.45) is 6.23. The Labute approximate surface area is 140 Å². The molecule has 3 rings (SSSR count). The molecule has 0 aliphatic carbocycles. The van der Waals surface area contributed by atoms with Crippen LogP contribution in [0.1, 0.15) is 36.8 Å². The van der Waals surface area contributed by atoms with Gasteiger partial charge in [-0.1, -0.05) is 48.9 Å². The lowest BCUT2D eigenvalue weighted by Crippen LogP contribution is -2.28. The van der Waals surface area contributed by atoms with Gasteiger partial charge in [0.25, 0.3) is 0 Å². The maximum atomic E-state index is 5.86. The van der Waals surface area contributed by atoms with E-state index in [1.54, 1.807) is 0 Å². The summed E-state index contributed by atoms with van der Waals surface area (Å²) in [5, 5.41) is 0. The van der Waals surface area contributed by atoms with Crippen molar-refractivity contribution in [1.82, 2.24) is 4.90 Å². The van der Waals surface area contributed by atoms with Crippen LogP contribution in [-0.4, -0.2) is 24.6 Å². The fourth-order valence-corrected chi connectivity index (χ4v) is 3.18. The van der Waals surface area contributed by atoms with Crippen molar-refractivity contribution in [1.29, 1.82) is 0 Å². The first kappa shape index (κ1) is 16.1. The van der Waals surface area contributed by atoms with Crippen LogP contribution in [0.25, 0.3) is 0 Å². The Balaban J connectivity index is 1.39. The van der Waals surface area contributed by atoms with Crippen LogP contribution in [0.5, 0.6) is 5.75 Å². The second kappa shape index (κ2) is 8.73. The predicted molar refractivity (Wildman–Crippen MR) is 95.8 cm³/mol. The molecule has 1 aliphatic heterocycles. The molecule has 122 valence electrons. The van der Waals surface area contributed by atoms with E-state index in [1.165, 1.54) is 43.5 Å². The van der Waals surface area contributed by atoms with E-state index in [0.29, 0.717) is 0 Å². The maximum Gasteiger partial charge on any atom is 0.119 e. The number of hydrogen-bond acceptors (Lipinski definition) is 2. The number of piperidine rings is 1. The molecule has 2 aromatic rings. The fourth-order valence-electron chi connectivity index (χ4n) is 3.18. The van der Waals surface area contributed by atoms with Gasteiger partial charge in [-0.25, -0.2) is 0 Å². The molecule has 0 radical (unpaired) electrons. The quantitative estimate of drug-likeness (QED) is 0.688. The van der Waals surface area contributed by atoms with Gasteiger partial charge in [-0.2, -0.15) is 0 Å². The number of hydrogen-bond donors (Lipinski definition) is 0. The van der Waals surface area contributed by atoms with E-state index in [-0.39, 0.29) is 0 Å². The average molecular weight is 309 g/mol. The van der Waals surface area contributed by atoms with E-state index in [9.17, 15) is 0 Å². The summed E-state index contributed by atoms with van der Waals surface area (Å²) in [7, 11) is 0. The largest absolute Gasteiger partial charge is 0.494 e. The third kappa shape index (κ3) is 5.40. The zero-order chi connectivity index (χ0) is 15.7. The first-order valence-corrected chi connectivity index (χ1v) is 8.88. The van der Waals surface area contributed by atoms with Gasteiger partial charge in [-0.3, -0.25) is 4.90 Å². The SMILES string of the molecule is c1ccc(CCCOc2ccc(CN3CCCCC3)cc2)cc1. The van der Waals surface area contributed by atoms with Crippen LogP contribution in [0.15, 0.2) is 54.6 Å². The Hall–Kier alpha value is -1.80. The van der Waals surface area contributed by atoms with E-state index in [0.717, 1.165) is 31.7 Å². The standard InChI is InChI=1S/C21H27NO/c1-3-8-19(9-4-1)10-7-17-23-21-13-11-20(12-14-21)18-22-15-5-2-6-16-22/h1,3-4,8-9,11-14H,2,5-7,10,15-18H2. The van der Waals surface area contributed by atoms with E-state index in [1.807, 2.05) is 0 Å². The molecule has 0 N–H and O–H groups in total. The van der Waals surface area contributed by atoms with Crippen LogP contribution in [0.4, 0.5) is 0 Å². The summed E-state index contributed by atoms with van der Waals surface area (Å²) in [4.78, 5) is 2.55. The first-order chi connectivity index (χ1) is 11.4. The summed E-state index contributed by atoms with van der Waals surface area (Å²) in [5.41, 5.74) is 2.77. The topological polar surface area (TPSA) is 12.5 Å². The Bertz CT molecular complexity index is 558. The number of likely N-dealkylation sites (tertiary alicyclic amines) is 1. The van der Waals surface area contributed by atoms with Crippen molar-refractivity contribution >= 4 is 0 Å². The highest BCUT2D eigenvalue weighted by molar-refractivity contribution is 5.27. The number of rotatable bonds is 7. The minimum Gasteiger partial charge on any atom is -0.494 e. The monoisotopic (exact) mass is 309 g/mol. The Morgan fingerprint density at radius 1 is 0.783 bits per heavy atom. The zero-order valence-electron chi connectivity index (χ0n) is 13.9. The predicted octanol–water partition coefficient (Wildman–Crippen LogP) is 4.68. The molecule has 0 saturated carbocycles. The second-order valence-electron chi connectivity index (χ2n) is 6.42.